The summed E-state index contributed by atoms with van der Waals surface area (Å²) < 4.78 is 68.4. The molecule has 6 atom stereocenters. The predicted octanol–water partition coefficient (Wildman–Crippen LogP) is 21.7. The van der Waals surface area contributed by atoms with E-state index in [1.165, 1.54) is 154 Å². The molecule has 0 aliphatic rings. The van der Waals surface area contributed by atoms with Crippen molar-refractivity contribution in [3.63, 3.8) is 0 Å². The minimum Gasteiger partial charge on any atom is -0.462 e. The number of carbonyl (C=O) groups excluding carboxylic acids is 4. The Morgan fingerprint density at radius 1 is 0.347 bits per heavy atom. The number of unbranched alkanes of at least 4 members (excludes halogenated alkanes) is 36. The number of hydrogen-bond acceptors (Lipinski definition) is 15. The number of esters is 4. The SMILES string of the molecule is CCCCCC/C=C\C=C/CCCCCCCC(=O)O[C@H](COC(=O)CCCCCCCCCCCCCCCCCC(C)C)COP(=O)(O)OCC(O)COP(=O)(O)OC[C@@H](COC(=O)CCCCCCCCCC(C)C)OC(=O)CCCCCCCCCCC(C)CC. The van der Waals surface area contributed by atoms with Crippen molar-refractivity contribution in [1.82, 2.24) is 0 Å². The van der Waals surface area contributed by atoms with E-state index in [0.717, 1.165) is 121 Å². The van der Waals surface area contributed by atoms with Crippen molar-refractivity contribution >= 4 is 39.5 Å². The number of ether oxygens (including phenoxy) is 4. The van der Waals surface area contributed by atoms with Gasteiger partial charge < -0.3 is 33.8 Å². The molecule has 17 nitrogen and oxygen atoms in total. The Hall–Kier alpha value is -2.46. The van der Waals surface area contributed by atoms with Crippen LogP contribution in [0.15, 0.2) is 24.3 Å². The number of aliphatic hydroxyl groups is 1. The largest absolute Gasteiger partial charge is 0.472 e. The molecule has 0 fully saturated rings. The first-order valence-corrected chi connectivity index (χ1v) is 41.7. The van der Waals surface area contributed by atoms with Gasteiger partial charge >= 0.3 is 39.5 Å². The quantitative estimate of drug-likeness (QED) is 0.0169. The van der Waals surface area contributed by atoms with Crippen LogP contribution in [0.4, 0.5) is 0 Å². The fourth-order valence-electron chi connectivity index (χ4n) is 11.0. The van der Waals surface area contributed by atoms with Crippen molar-refractivity contribution in [2.45, 2.75) is 381 Å². The molecule has 0 aliphatic heterocycles. The molecular weight excluding hydrogens is 1250 g/mol. The number of carbonyl (C=O) groups is 4. The summed E-state index contributed by atoms with van der Waals surface area (Å²) in [5, 5.41) is 10.6. The molecule has 3 N–H and O–H groups in total. The first kappa shape index (κ1) is 92.5. The Morgan fingerprint density at radius 2 is 0.621 bits per heavy atom. The van der Waals surface area contributed by atoms with Crippen LogP contribution in [-0.4, -0.2) is 96.7 Å². The van der Waals surface area contributed by atoms with Gasteiger partial charge in [-0.2, -0.15) is 0 Å². The van der Waals surface area contributed by atoms with E-state index in [4.69, 9.17) is 37.0 Å². The molecule has 0 radical (unpaired) electrons. The fourth-order valence-corrected chi connectivity index (χ4v) is 12.6. The lowest BCUT2D eigenvalue weighted by atomic mass is 9.99. The van der Waals surface area contributed by atoms with Crippen LogP contribution in [0, 0.1) is 17.8 Å². The topological polar surface area (TPSA) is 237 Å². The summed E-state index contributed by atoms with van der Waals surface area (Å²) in [5.41, 5.74) is 0. The van der Waals surface area contributed by atoms with Crippen LogP contribution < -0.4 is 0 Å². The van der Waals surface area contributed by atoms with Crippen LogP contribution in [0.5, 0.6) is 0 Å². The van der Waals surface area contributed by atoms with Gasteiger partial charge in [-0.15, -0.1) is 0 Å². The summed E-state index contributed by atoms with van der Waals surface area (Å²) in [4.78, 5) is 72.8. The van der Waals surface area contributed by atoms with E-state index >= 15 is 0 Å². The van der Waals surface area contributed by atoms with Gasteiger partial charge in [0.15, 0.2) is 12.2 Å². The zero-order valence-electron chi connectivity index (χ0n) is 61.6. The van der Waals surface area contributed by atoms with Gasteiger partial charge in [0.25, 0.3) is 0 Å². The maximum Gasteiger partial charge on any atom is 0.472 e. The second-order valence-corrected chi connectivity index (χ2v) is 30.8. The average Bonchev–Trinajstić information content (AvgIpc) is 1.68. The maximum atomic E-state index is 13.1. The lowest BCUT2D eigenvalue weighted by Crippen LogP contribution is -2.30. The standard InChI is InChI=1S/C76H144O17P2/c1-8-10-11-12-13-14-15-16-18-23-26-29-37-45-52-59-75(80)92-71(63-86-73(78)57-50-43-36-28-25-22-20-17-19-21-24-27-33-40-47-54-67(3)4)65-90-94(82,83)88-61-70(77)62-89-95(84,85)91-66-72(64-87-74(79)58-51-44-39-32-34-41-48-55-68(5)6)93-76(81)60-53-46-38-31-30-35-42-49-56-69(7)9-2/h14-16,18,67-72,77H,8-13,17,19-66H2,1-7H3,(H,82,83)(H,84,85)/b15-14-,18-16-/t69?,70?,71-,72-/m1/s1. The Morgan fingerprint density at radius 3 is 0.937 bits per heavy atom. The molecule has 0 saturated heterocycles. The highest BCUT2D eigenvalue weighted by molar-refractivity contribution is 7.47. The molecule has 0 aromatic carbocycles. The van der Waals surface area contributed by atoms with Crippen LogP contribution >= 0.6 is 15.6 Å². The van der Waals surface area contributed by atoms with E-state index in [9.17, 15) is 43.2 Å². The molecule has 95 heavy (non-hydrogen) atoms. The van der Waals surface area contributed by atoms with E-state index < -0.39 is 97.5 Å². The third-order valence-corrected chi connectivity index (χ3v) is 19.3. The number of phosphoric ester groups is 2. The molecule has 0 aromatic rings. The van der Waals surface area contributed by atoms with Crippen LogP contribution in [0.3, 0.4) is 0 Å². The molecule has 0 saturated carbocycles. The van der Waals surface area contributed by atoms with Crippen molar-refractivity contribution < 1.29 is 80.2 Å². The number of aliphatic hydroxyl groups excluding tert-OH is 1. The minimum absolute atomic E-state index is 0.0849. The second-order valence-electron chi connectivity index (χ2n) is 27.9. The van der Waals surface area contributed by atoms with E-state index in [0.29, 0.717) is 31.6 Å². The molecule has 19 heteroatoms. The first-order valence-electron chi connectivity index (χ1n) is 38.7. The van der Waals surface area contributed by atoms with Crippen molar-refractivity contribution in [2.24, 2.45) is 17.8 Å². The van der Waals surface area contributed by atoms with Crippen LogP contribution in [0.25, 0.3) is 0 Å². The summed E-state index contributed by atoms with van der Waals surface area (Å²) in [7, 11) is -9.92. The summed E-state index contributed by atoms with van der Waals surface area (Å²) in [5.74, 6) is 0.125. The Balaban J connectivity index is 5.27. The normalized spacial score (nSPS) is 14.5. The van der Waals surface area contributed by atoms with E-state index in [2.05, 4.69) is 72.8 Å². The van der Waals surface area contributed by atoms with Gasteiger partial charge in [-0.3, -0.25) is 37.3 Å². The van der Waals surface area contributed by atoms with Crippen molar-refractivity contribution in [1.29, 1.82) is 0 Å². The van der Waals surface area contributed by atoms with E-state index in [1.54, 1.807) is 0 Å². The van der Waals surface area contributed by atoms with E-state index in [1.807, 2.05) is 0 Å². The molecular formula is C76H144O17P2. The zero-order chi connectivity index (χ0) is 70.1. The number of allylic oxidation sites excluding steroid dienone is 4. The second kappa shape index (κ2) is 66.1. The summed E-state index contributed by atoms with van der Waals surface area (Å²) in [6.07, 6.45) is 55.0. The van der Waals surface area contributed by atoms with Gasteiger partial charge in [0.05, 0.1) is 26.4 Å². The van der Waals surface area contributed by atoms with Gasteiger partial charge in [-0.1, -0.05) is 310 Å². The number of hydrogen-bond donors (Lipinski definition) is 3. The molecule has 0 heterocycles. The maximum absolute atomic E-state index is 13.1. The molecule has 560 valence electrons. The average molecular weight is 1390 g/mol. The highest BCUT2D eigenvalue weighted by Crippen LogP contribution is 2.45. The third kappa shape index (κ3) is 68.5. The molecule has 0 bridgehead atoms. The lowest BCUT2D eigenvalue weighted by Gasteiger charge is -2.21. The van der Waals surface area contributed by atoms with Crippen molar-refractivity contribution in [3.8, 4) is 0 Å². The summed E-state index contributed by atoms with van der Waals surface area (Å²) in [6, 6.07) is 0. The minimum atomic E-state index is -4.97. The molecule has 0 amide bonds. The van der Waals surface area contributed by atoms with E-state index in [-0.39, 0.29) is 25.7 Å². The van der Waals surface area contributed by atoms with Gasteiger partial charge in [-0.25, -0.2) is 9.13 Å². The van der Waals surface area contributed by atoms with Gasteiger partial charge in [0, 0.05) is 25.7 Å². The number of rotatable bonds is 72. The summed E-state index contributed by atoms with van der Waals surface area (Å²) in [6.45, 7) is 11.8. The molecule has 0 spiro atoms. The fraction of sp³-hybridized carbons (Fsp3) is 0.895. The number of phosphoric acid groups is 2. The highest BCUT2D eigenvalue weighted by atomic mass is 31.2. The smallest absolute Gasteiger partial charge is 0.462 e. The first-order chi connectivity index (χ1) is 45.8. The van der Waals surface area contributed by atoms with Gasteiger partial charge in [-0.05, 0) is 69.1 Å². The van der Waals surface area contributed by atoms with Crippen LogP contribution in [0.1, 0.15) is 363 Å². The van der Waals surface area contributed by atoms with Crippen LogP contribution in [-0.2, 0) is 65.4 Å². The van der Waals surface area contributed by atoms with Gasteiger partial charge in [0.2, 0.25) is 0 Å². The zero-order valence-corrected chi connectivity index (χ0v) is 63.4. The van der Waals surface area contributed by atoms with Crippen molar-refractivity contribution in [3.05, 3.63) is 24.3 Å². The Kier molecular flexibility index (Phi) is 64.4. The Labute approximate surface area is 580 Å². The predicted molar refractivity (Wildman–Crippen MR) is 386 cm³/mol. The molecule has 4 unspecified atom stereocenters. The molecule has 0 rings (SSSR count). The van der Waals surface area contributed by atoms with Gasteiger partial charge in [0.1, 0.15) is 19.3 Å². The monoisotopic (exact) mass is 1390 g/mol. The third-order valence-electron chi connectivity index (χ3n) is 17.4. The van der Waals surface area contributed by atoms with Crippen LogP contribution in [0.2, 0.25) is 0 Å². The Bertz CT molecular complexity index is 1950. The lowest BCUT2D eigenvalue weighted by molar-refractivity contribution is -0.161. The molecule has 0 aliphatic carbocycles. The summed E-state index contributed by atoms with van der Waals surface area (Å²) >= 11 is 0. The molecule has 0 aromatic heterocycles. The highest BCUT2D eigenvalue weighted by Gasteiger charge is 2.30. The van der Waals surface area contributed by atoms with Crippen molar-refractivity contribution in [2.75, 3.05) is 39.6 Å².